The summed E-state index contributed by atoms with van der Waals surface area (Å²) in [6.07, 6.45) is 0. The topological polar surface area (TPSA) is 78.7 Å². The van der Waals surface area contributed by atoms with Gasteiger partial charge in [0.15, 0.2) is 17.3 Å². The largest absolute Gasteiger partial charge is 0.493 e. The normalized spacial score (nSPS) is 10.1. The van der Waals surface area contributed by atoms with Crippen LogP contribution >= 0.6 is 11.6 Å². The SMILES string of the molecule is COc1cc(C(=O)c2ccc(Cl)cc2)c([N+](=O)[O-])cc1OC. The number of methoxy groups -OCH3 is 2. The van der Waals surface area contributed by atoms with Crippen LogP contribution in [0.25, 0.3) is 0 Å². The van der Waals surface area contributed by atoms with Crippen molar-refractivity contribution in [1.82, 2.24) is 0 Å². The van der Waals surface area contributed by atoms with Gasteiger partial charge in [-0.15, -0.1) is 0 Å². The summed E-state index contributed by atoms with van der Waals surface area (Å²) in [5.41, 5.74) is -0.137. The average molecular weight is 322 g/mol. The molecule has 0 heterocycles. The third kappa shape index (κ3) is 3.01. The van der Waals surface area contributed by atoms with E-state index in [1.807, 2.05) is 0 Å². The summed E-state index contributed by atoms with van der Waals surface area (Å²) >= 11 is 5.78. The zero-order valence-electron chi connectivity index (χ0n) is 11.8. The molecule has 7 heteroatoms. The van der Waals surface area contributed by atoms with Gasteiger partial charge in [-0.3, -0.25) is 14.9 Å². The van der Waals surface area contributed by atoms with E-state index in [0.29, 0.717) is 10.6 Å². The van der Waals surface area contributed by atoms with E-state index in [1.165, 1.54) is 38.5 Å². The van der Waals surface area contributed by atoms with Gasteiger partial charge < -0.3 is 9.47 Å². The van der Waals surface area contributed by atoms with Gasteiger partial charge in [0, 0.05) is 16.7 Å². The summed E-state index contributed by atoms with van der Waals surface area (Å²) in [6, 6.07) is 8.56. The summed E-state index contributed by atoms with van der Waals surface area (Å²) in [7, 11) is 2.75. The maximum absolute atomic E-state index is 12.5. The first-order chi connectivity index (χ1) is 10.5. The standard InChI is InChI=1S/C15H12ClNO5/c1-21-13-7-11(12(17(19)20)8-14(13)22-2)15(18)9-3-5-10(16)6-4-9/h3-8H,1-2H3. The van der Waals surface area contributed by atoms with E-state index in [4.69, 9.17) is 21.1 Å². The fourth-order valence-corrected chi connectivity index (χ4v) is 2.08. The lowest BCUT2D eigenvalue weighted by molar-refractivity contribution is -0.385. The molecule has 0 amide bonds. The summed E-state index contributed by atoms with van der Waals surface area (Å²) in [4.78, 5) is 23.1. The first kappa shape index (κ1) is 15.8. The molecule has 0 spiro atoms. The second kappa shape index (κ2) is 6.44. The van der Waals surface area contributed by atoms with Crippen molar-refractivity contribution in [3.8, 4) is 11.5 Å². The van der Waals surface area contributed by atoms with E-state index in [-0.39, 0.29) is 22.7 Å². The van der Waals surface area contributed by atoms with Crippen molar-refractivity contribution in [1.29, 1.82) is 0 Å². The minimum absolute atomic E-state index is 0.0787. The summed E-state index contributed by atoms with van der Waals surface area (Å²) < 4.78 is 10.1. The van der Waals surface area contributed by atoms with Gasteiger partial charge in [-0.1, -0.05) is 11.6 Å². The van der Waals surface area contributed by atoms with Crippen LogP contribution in [0, 0.1) is 10.1 Å². The fraction of sp³-hybridized carbons (Fsp3) is 0.133. The van der Waals surface area contributed by atoms with E-state index in [1.54, 1.807) is 12.1 Å². The Balaban J connectivity index is 2.59. The molecule has 22 heavy (non-hydrogen) atoms. The zero-order valence-corrected chi connectivity index (χ0v) is 12.6. The lowest BCUT2D eigenvalue weighted by Gasteiger charge is -2.10. The monoisotopic (exact) mass is 321 g/mol. The summed E-state index contributed by atoms with van der Waals surface area (Å²) in [6.45, 7) is 0. The number of carbonyl (C=O) groups excluding carboxylic acids is 1. The predicted octanol–water partition coefficient (Wildman–Crippen LogP) is 3.50. The van der Waals surface area contributed by atoms with Crippen molar-refractivity contribution in [2.24, 2.45) is 0 Å². The number of hydrogen-bond acceptors (Lipinski definition) is 5. The minimum atomic E-state index is -0.634. The van der Waals surface area contributed by atoms with E-state index >= 15 is 0 Å². The number of ether oxygens (including phenoxy) is 2. The molecule has 0 aliphatic heterocycles. The number of hydrogen-bond donors (Lipinski definition) is 0. The molecule has 0 saturated heterocycles. The van der Waals surface area contributed by atoms with Crippen LogP contribution in [0.1, 0.15) is 15.9 Å². The number of nitro groups is 1. The highest BCUT2D eigenvalue weighted by molar-refractivity contribution is 6.30. The van der Waals surface area contributed by atoms with Crippen molar-refractivity contribution in [3.05, 3.63) is 62.7 Å². The Bertz CT molecular complexity index is 727. The van der Waals surface area contributed by atoms with E-state index < -0.39 is 10.7 Å². The van der Waals surface area contributed by atoms with Gasteiger partial charge >= 0.3 is 0 Å². The molecule has 0 aliphatic rings. The van der Waals surface area contributed by atoms with Crippen LogP contribution in [0.5, 0.6) is 11.5 Å². The Morgan fingerprint density at radius 1 is 1.09 bits per heavy atom. The van der Waals surface area contributed by atoms with Crippen LogP contribution in [0.4, 0.5) is 5.69 Å². The average Bonchev–Trinajstić information content (AvgIpc) is 2.53. The van der Waals surface area contributed by atoms with E-state index in [0.717, 1.165) is 0 Å². The molecule has 2 aromatic rings. The van der Waals surface area contributed by atoms with Gasteiger partial charge in [0.1, 0.15) is 5.56 Å². The molecule has 2 rings (SSSR count). The lowest BCUT2D eigenvalue weighted by atomic mass is 10.0. The predicted molar refractivity (Wildman–Crippen MR) is 81.1 cm³/mol. The molecular formula is C15H12ClNO5. The first-order valence-electron chi connectivity index (χ1n) is 6.18. The third-order valence-corrected chi connectivity index (χ3v) is 3.30. The molecule has 0 unspecified atom stereocenters. The Kier molecular flexibility index (Phi) is 4.62. The highest BCUT2D eigenvalue weighted by Gasteiger charge is 2.25. The van der Waals surface area contributed by atoms with E-state index in [9.17, 15) is 14.9 Å². The minimum Gasteiger partial charge on any atom is -0.493 e. The second-order valence-corrected chi connectivity index (χ2v) is 4.75. The maximum atomic E-state index is 12.5. The molecular weight excluding hydrogens is 310 g/mol. The number of rotatable bonds is 5. The molecule has 114 valence electrons. The molecule has 0 bridgehead atoms. The van der Waals surface area contributed by atoms with Crippen LogP contribution in [0.2, 0.25) is 5.02 Å². The Morgan fingerprint density at radius 3 is 2.14 bits per heavy atom. The van der Waals surface area contributed by atoms with Gasteiger partial charge in [-0.25, -0.2) is 0 Å². The molecule has 0 aromatic heterocycles. The Labute approximate surface area is 131 Å². The smallest absolute Gasteiger partial charge is 0.284 e. The van der Waals surface area contributed by atoms with Crippen molar-refractivity contribution < 1.29 is 19.2 Å². The number of nitrogens with zero attached hydrogens (tertiary/aromatic N) is 1. The van der Waals surface area contributed by atoms with Gasteiger partial charge in [0.2, 0.25) is 0 Å². The number of halogens is 1. The lowest BCUT2D eigenvalue weighted by Crippen LogP contribution is -2.07. The molecule has 0 N–H and O–H groups in total. The molecule has 0 fully saturated rings. The quantitative estimate of drug-likeness (QED) is 0.478. The van der Waals surface area contributed by atoms with Gasteiger partial charge in [-0.05, 0) is 24.3 Å². The number of carbonyl (C=O) groups is 1. The first-order valence-corrected chi connectivity index (χ1v) is 6.56. The zero-order chi connectivity index (χ0) is 16.3. The maximum Gasteiger partial charge on any atom is 0.284 e. The van der Waals surface area contributed by atoms with Crippen LogP contribution in [-0.4, -0.2) is 24.9 Å². The summed E-state index contributed by atoms with van der Waals surface area (Å²) in [5, 5.41) is 11.7. The van der Waals surface area contributed by atoms with Crippen LogP contribution in [0.3, 0.4) is 0 Å². The van der Waals surface area contributed by atoms with Crippen LogP contribution in [0.15, 0.2) is 36.4 Å². The van der Waals surface area contributed by atoms with Crippen LogP contribution < -0.4 is 9.47 Å². The molecule has 6 nitrogen and oxygen atoms in total. The second-order valence-electron chi connectivity index (χ2n) is 4.32. The number of ketones is 1. The molecule has 0 aliphatic carbocycles. The van der Waals surface area contributed by atoms with Crippen molar-refractivity contribution >= 4 is 23.1 Å². The fourth-order valence-electron chi connectivity index (χ4n) is 1.96. The highest BCUT2D eigenvalue weighted by atomic mass is 35.5. The van der Waals surface area contributed by atoms with E-state index in [2.05, 4.69) is 0 Å². The molecule has 0 atom stereocenters. The van der Waals surface area contributed by atoms with Gasteiger partial charge in [0.05, 0.1) is 25.2 Å². The highest BCUT2D eigenvalue weighted by Crippen LogP contribution is 2.35. The Hall–Kier alpha value is -2.60. The molecule has 0 radical (unpaired) electrons. The Morgan fingerprint density at radius 2 is 1.64 bits per heavy atom. The van der Waals surface area contributed by atoms with Crippen LogP contribution in [-0.2, 0) is 0 Å². The van der Waals surface area contributed by atoms with Crippen molar-refractivity contribution in [2.45, 2.75) is 0 Å². The third-order valence-electron chi connectivity index (χ3n) is 3.05. The summed E-state index contributed by atoms with van der Waals surface area (Å²) in [5.74, 6) is -0.0726. The van der Waals surface area contributed by atoms with Crippen molar-refractivity contribution in [3.63, 3.8) is 0 Å². The number of nitro benzene ring substituents is 1. The molecule has 2 aromatic carbocycles. The number of benzene rings is 2. The molecule has 0 saturated carbocycles. The van der Waals surface area contributed by atoms with Gasteiger partial charge in [-0.2, -0.15) is 0 Å². The van der Waals surface area contributed by atoms with Gasteiger partial charge in [0.25, 0.3) is 5.69 Å². The van der Waals surface area contributed by atoms with Crippen molar-refractivity contribution in [2.75, 3.05) is 14.2 Å².